The predicted octanol–water partition coefficient (Wildman–Crippen LogP) is 2.72. The minimum absolute atomic E-state index is 0.0670. The Morgan fingerprint density at radius 2 is 2.15 bits per heavy atom. The first-order valence-electron chi connectivity index (χ1n) is 5.85. The number of carbonyl (C=O) groups is 2. The summed E-state index contributed by atoms with van der Waals surface area (Å²) in [6.07, 6.45) is 1.30. The third-order valence-electron chi connectivity index (χ3n) is 2.63. The molecule has 1 unspecified atom stereocenters. The van der Waals surface area contributed by atoms with E-state index in [0.717, 1.165) is 5.56 Å². The Hall–Kier alpha value is -2.41. The normalized spacial score (nSPS) is 11.7. The number of aromatic nitrogens is 1. The molecule has 2 aromatic heterocycles. The Bertz CT molecular complexity index is 596. The molecular weight excluding hydrogens is 278 g/mol. The van der Waals surface area contributed by atoms with Crippen molar-refractivity contribution in [3.63, 3.8) is 0 Å². The van der Waals surface area contributed by atoms with Gasteiger partial charge >= 0.3 is 12.0 Å². The maximum atomic E-state index is 11.8. The van der Waals surface area contributed by atoms with E-state index in [2.05, 4.69) is 15.6 Å². The smallest absolute Gasteiger partial charge is 0.354 e. The molecule has 7 heteroatoms. The molecule has 104 valence electrons. The molecule has 0 aliphatic carbocycles. The summed E-state index contributed by atoms with van der Waals surface area (Å²) in [5, 5.41) is 18.0. The van der Waals surface area contributed by atoms with Gasteiger partial charge in [-0.3, -0.25) is 0 Å². The van der Waals surface area contributed by atoms with Crippen molar-refractivity contribution in [1.29, 1.82) is 0 Å². The predicted molar refractivity (Wildman–Crippen MR) is 76.1 cm³/mol. The molecule has 0 aliphatic heterocycles. The fraction of sp³-hybridized carbons (Fsp3) is 0.154. The van der Waals surface area contributed by atoms with Gasteiger partial charge in [0.25, 0.3) is 0 Å². The Balaban J connectivity index is 1.92. The average Bonchev–Trinajstić information content (AvgIpc) is 2.93. The van der Waals surface area contributed by atoms with Crippen LogP contribution in [0, 0.1) is 0 Å². The highest BCUT2D eigenvalue weighted by Gasteiger charge is 2.10. The molecule has 0 bridgehead atoms. The minimum Gasteiger partial charge on any atom is -0.477 e. The minimum atomic E-state index is -1.10. The summed E-state index contributed by atoms with van der Waals surface area (Å²) in [4.78, 5) is 26.1. The highest BCUT2D eigenvalue weighted by Crippen LogP contribution is 2.15. The van der Waals surface area contributed by atoms with Crippen LogP contribution in [0.5, 0.6) is 0 Å². The lowest BCUT2D eigenvalue weighted by Gasteiger charge is -2.13. The van der Waals surface area contributed by atoms with Crippen LogP contribution in [-0.4, -0.2) is 22.1 Å². The highest BCUT2D eigenvalue weighted by molar-refractivity contribution is 7.07. The van der Waals surface area contributed by atoms with E-state index < -0.39 is 5.97 Å². The number of thiophene rings is 1. The molecule has 0 saturated heterocycles. The van der Waals surface area contributed by atoms with Crippen LogP contribution in [-0.2, 0) is 0 Å². The number of rotatable bonds is 4. The Kier molecular flexibility index (Phi) is 4.31. The highest BCUT2D eigenvalue weighted by atomic mass is 32.1. The van der Waals surface area contributed by atoms with E-state index in [4.69, 9.17) is 5.11 Å². The molecule has 2 heterocycles. The number of hydrogen-bond donors (Lipinski definition) is 3. The van der Waals surface area contributed by atoms with Gasteiger partial charge in [-0.15, -0.1) is 0 Å². The summed E-state index contributed by atoms with van der Waals surface area (Å²) in [5.74, 6) is -1.10. The van der Waals surface area contributed by atoms with Gasteiger partial charge in [0.15, 0.2) is 0 Å². The maximum Gasteiger partial charge on any atom is 0.354 e. The fourth-order valence-electron chi connectivity index (χ4n) is 1.56. The number of aromatic carboxylic acids is 1. The van der Waals surface area contributed by atoms with E-state index in [0.29, 0.717) is 5.69 Å². The van der Waals surface area contributed by atoms with Gasteiger partial charge in [-0.1, -0.05) is 0 Å². The maximum absolute atomic E-state index is 11.8. The van der Waals surface area contributed by atoms with Crippen molar-refractivity contribution in [2.75, 3.05) is 5.32 Å². The number of urea groups is 1. The molecule has 20 heavy (non-hydrogen) atoms. The van der Waals surface area contributed by atoms with E-state index in [-0.39, 0.29) is 17.8 Å². The second-order valence-corrected chi connectivity index (χ2v) is 4.89. The number of carboxylic acids is 1. The first kappa shape index (κ1) is 14.0. The van der Waals surface area contributed by atoms with Crippen LogP contribution in [0.25, 0.3) is 0 Å². The molecule has 1 atom stereocenters. The number of hydrogen-bond acceptors (Lipinski definition) is 4. The molecule has 0 spiro atoms. The molecule has 2 amide bonds. The zero-order chi connectivity index (χ0) is 14.5. The zero-order valence-corrected chi connectivity index (χ0v) is 11.5. The van der Waals surface area contributed by atoms with Gasteiger partial charge in [-0.05, 0) is 41.4 Å². The second kappa shape index (κ2) is 6.16. The fourth-order valence-corrected chi connectivity index (χ4v) is 2.32. The van der Waals surface area contributed by atoms with Gasteiger partial charge in [0.05, 0.1) is 17.9 Å². The second-order valence-electron chi connectivity index (χ2n) is 4.11. The molecular formula is C13H13N3O3S. The molecule has 0 saturated carbocycles. The Labute approximate surface area is 119 Å². The molecule has 0 radical (unpaired) electrons. The van der Waals surface area contributed by atoms with Crippen molar-refractivity contribution in [1.82, 2.24) is 10.3 Å². The summed E-state index contributed by atoms with van der Waals surface area (Å²) in [5.41, 5.74) is 1.40. The Morgan fingerprint density at radius 1 is 1.35 bits per heavy atom. The lowest BCUT2D eigenvalue weighted by molar-refractivity contribution is 0.0690. The first-order valence-corrected chi connectivity index (χ1v) is 6.79. The number of nitrogens with zero attached hydrogens (tertiary/aromatic N) is 1. The zero-order valence-electron chi connectivity index (χ0n) is 10.7. The Morgan fingerprint density at radius 3 is 2.70 bits per heavy atom. The number of carboxylic acid groups (broad SMARTS) is 1. The van der Waals surface area contributed by atoms with Gasteiger partial charge in [0, 0.05) is 0 Å². The third kappa shape index (κ3) is 3.55. The summed E-state index contributed by atoms with van der Waals surface area (Å²) < 4.78 is 0. The van der Waals surface area contributed by atoms with E-state index in [1.807, 2.05) is 23.8 Å². The number of carbonyl (C=O) groups excluding carboxylic acids is 1. The van der Waals surface area contributed by atoms with Gasteiger partial charge < -0.3 is 15.7 Å². The van der Waals surface area contributed by atoms with E-state index >= 15 is 0 Å². The topological polar surface area (TPSA) is 91.3 Å². The monoisotopic (exact) mass is 291 g/mol. The molecule has 3 N–H and O–H groups in total. The summed E-state index contributed by atoms with van der Waals surface area (Å²) in [7, 11) is 0. The lowest BCUT2D eigenvalue weighted by Crippen LogP contribution is -2.31. The molecule has 6 nitrogen and oxygen atoms in total. The van der Waals surface area contributed by atoms with Crippen LogP contribution in [0.4, 0.5) is 10.5 Å². The summed E-state index contributed by atoms with van der Waals surface area (Å²) in [6.45, 7) is 1.88. The molecule has 0 fully saturated rings. The van der Waals surface area contributed by atoms with Crippen molar-refractivity contribution in [3.8, 4) is 0 Å². The SMILES string of the molecule is CC(NC(=O)Nc1ccc(C(=O)O)nc1)c1ccsc1. The van der Waals surface area contributed by atoms with Crippen LogP contribution < -0.4 is 10.6 Å². The average molecular weight is 291 g/mol. The molecule has 0 aliphatic rings. The van der Waals surface area contributed by atoms with Crippen molar-refractivity contribution >= 4 is 29.0 Å². The largest absolute Gasteiger partial charge is 0.477 e. The van der Waals surface area contributed by atoms with Crippen LogP contribution in [0.3, 0.4) is 0 Å². The van der Waals surface area contributed by atoms with Crippen molar-refractivity contribution < 1.29 is 14.7 Å². The van der Waals surface area contributed by atoms with Crippen molar-refractivity contribution in [3.05, 3.63) is 46.4 Å². The van der Waals surface area contributed by atoms with Gasteiger partial charge in [-0.25, -0.2) is 14.6 Å². The van der Waals surface area contributed by atoms with Gasteiger partial charge in [0.2, 0.25) is 0 Å². The van der Waals surface area contributed by atoms with Crippen molar-refractivity contribution in [2.45, 2.75) is 13.0 Å². The lowest BCUT2D eigenvalue weighted by atomic mass is 10.2. The van der Waals surface area contributed by atoms with Gasteiger partial charge in [0.1, 0.15) is 5.69 Å². The summed E-state index contributed by atoms with van der Waals surface area (Å²) in [6, 6.07) is 4.30. The number of amides is 2. The van der Waals surface area contributed by atoms with E-state index in [9.17, 15) is 9.59 Å². The van der Waals surface area contributed by atoms with E-state index in [1.54, 1.807) is 11.3 Å². The molecule has 2 aromatic rings. The van der Waals surface area contributed by atoms with E-state index in [1.165, 1.54) is 18.3 Å². The summed E-state index contributed by atoms with van der Waals surface area (Å²) >= 11 is 1.57. The number of nitrogens with one attached hydrogen (secondary N) is 2. The molecule has 2 rings (SSSR count). The third-order valence-corrected chi connectivity index (χ3v) is 3.33. The van der Waals surface area contributed by atoms with Crippen LogP contribution >= 0.6 is 11.3 Å². The number of pyridine rings is 1. The number of anilines is 1. The van der Waals surface area contributed by atoms with Crippen LogP contribution in [0.2, 0.25) is 0 Å². The standard InChI is InChI=1S/C13H13N3O3S/c1-8(9-4-5-20-7-9)15-13(19)16-10-2-3-11(12(17)18)14-6-10/h2-8H,1H3,(H,17,18)(H2,15,16,19). The quantitative estimate of drug-likeness (QED) is 0.807. The van der Waals surface area contributed by atoms with Crippen molar-refractivity contribution in [2.24, 2.45) is 0 Å². The van der Waals surface area contributed by atoms with Gasteiger partial charge in [-0.2, -0.15) is 11.3 Å². The first-order chi connectivity index (χ1) is 9.56. The molecule has 0 aromatic carbocycles. The van der Waals surface area contributed by atoms with Crippen LogP contribution in [0.1, 0.15) is 29.0 Å². The van der Waals surface area contributed by atoms with Crippen LogP contribution in [0.15, 0.2) is 35.2 Å².